The molecule has 1 aromatic heterocycles. The maximum atomic E-state index is 11.6. The summed E-state index contributed by atoms with van der Waals surface area (Å²) >= 11 is 0. The summed E-state index contributed by atoms with van der Waals surface area (Å²) in [5.41, 5.74) is 6.07. The van der Waals surface area contributed by atoms with Crippen molar-refractivity contribution in [2.45, 2.75) is 20.3 Å². The summed E-state index contributed by atoms with van der Waals surface area (Å²) in [5.74, 6) is -0.318. The van der Waals surface area contributed by atoms with Gasteiger partial charge in [0.15, 0.2) is 5.58 Å². The zero-order valence-corrected chi connectivity index (χ0v) is 11.9. The number of oxazole rings is 1. The van der Waals surface area contributed by atoms with Crippen molar-refractivity contribution in [3.63, 3.8) is 0 Å². The van der Waals surface area contributed by atoms with E-state index in [0.717, 1.165) is 28.6 Å². The van der Waals surface area contributed by atoms with E-state index in [1.54, 1.807) is 11.6 Å². The van der Waals surface area contributed by atoms with E-state index in [0.29, 0.717) is 5.58 Å². The molecule has 0 radical (unpaired) electrons. The second-order valence-corrected chi connectivity index (χ2v) is 5.12. The monoisotopic (exact) mass is 267 g/mol. The maximum Gasteiger partial charge on any atom is 0.419 e. The molecule has 0 aliphatic heterocycles. The molecule has 0 fully saturated rings. The van der Waals surface area contributed by atoms with Crippen LogP contribution in [0.1, 0.15) is 18.1 Å². The SMILES string of the molecule is CCc1ccc(-c2cc(C)c3oc(=O)n(C)c3c2)cc1. The lowest BCUT2D eigenvalue weighted by molar-refractivity contribution is 0.526. The molecule has 3 nitrogen and oxygen atoms in total. The van der Waals surface area contributed by atoms with E-state index < -0.39 is 0 Å². The normalized spacial score (nSPS) is 11.2. The van der Waals surface area contributed by atoms with Crippen LogP contribution in [-0.2, 0) is 13.5 Å². The Morgan fingerprint density at radius 2 is 1.80 bits per heavy atom. The van der Waals surface area contributed by atoms with Crippen molar-refractivity contribution in [2.75, 3.05) is 0 Å². The molecule has 2 aromatic carbocycles. The third-order valence-corrected chi connectivity index (χ3v) is 3.78. The van der Waals surface area contributed by atoms with Gasteiger partial charge < -0.3 is 4.42 Å². The molecule has 1 heterocycles. The zero-order chi connectivity index (χ0) is 14.3. The summed E-state index contributed by atoms with van der Waals surface area (Å²) in [6.07, 6.45) is 1.04. The van der Waals surface area contributed by atoms with Crippen molar-refractivity contribution < 1.29 is 4.42 Å². The van der Waals surface area contributed by atoms with Gasteiger partial charge in [-0.1, -0.05) is 31.2 Å². The van der Waals surface area contributed by atoms with E-state index in [1.165, 1.54) is 5.56 Å². The van der Waals surface area contributed by atoms with Gasteiger partial charge in [-0.25, -0.2) is 4.79 Å². The third-order valence-electron chi connectivity index (χ3n) is 3.78. The molecule has 0 amide bonds. The standard InChI is InChI=1S/C17H17NO2/c1-4-12-5-7-13(8-6-12)14-9-11(2)16-15(10-14)18(3)17(19)20-16/h5-10H,4H2,1-3H3. The highest BCUT2D eigenvalue weighted by atomic mass is 16.4. The minimum atomic E-state index is -0.318. The first-order chi connectivity index (χ1) is 9.60. The number of hydrogen-bond donors (Lipinski definition) is 0. The maximum absolute atomic E-state index is 11.6. The van der Waals surface area contributed by atoms with Crippen LogP contribution in [0.5, 0.6) is 0 Å². The van der Waals surface area contributed by atoms with Gasteiger partial charge in [0.2, 0.25) is 0 Å². The molecule has 3 rings (SSSR count). The molecule has 20 heavy (non-hydrogen) atoms. The van der Waals surface area contributed by atoms with Gasteiger partial charge >= 0.3 is 5.76 Å². The molecule has 102 valence electrons. The van der Waals surface area contributed by atoms with Crippen LogP contribution in [-0.4, -0.2) is 4.57 Å². The first-order valence-electron chi connectivity index (χ1n) is 6.79. The van der Waals surface area contributed by atoms with Crippen LogP contribution in [0.3, 0.4) is 0 Å². The van der Waals surface area contributed by atoms with Gasteiger partial charge in [0.1, 0.15) is 0 Å². The average Bonchev–Trinajstić information content (AvgIpc) is 2.76. The number of nitrogens with zero attached hydrogens (tertiary/aromatic N) is 1. The topological polar surface area (TPSA) is 35.1 Å². The lowest BCUT2D eigenvalue weighted by atomic mass is 10.0. The molecule has 3 heteroatoms. The van der Waals surface area contributed by atoms with E-state index in [1.807, 2.05) is 13.0 Å². The second kappa shape index (κ2) is 4.67. The van der Waals surface area contributed by atoms with Crippen LogP contribution in [0.25, 0.3) is 22.2 Å². The molecule has 0 bridgehead atoms. The number of aromatic nitrogens is 1. The minimum Gasteiger partial charge on any atom is -0.407 e. The first kappa shape index (κ1) is 12.7. The molecule has 0 saturated heterocycles. The number of aryl methyl sites for hydroxylation is 3. The Morgan fingerprint density at radius 1 is 1.10 bits per heavy atom. The fraction of sp³-hybridized carbons (Fsp3) is 0.235. The molecular weight excluding hydrogens is 250 g/mol. The smallest absolute Gasteiger partial charge is 0.407 e. The Labute approximate surface area is 117 Å². The fourth-order valence-electron chi connectivity index (χ4n) is 2.49. The Morgan fingerprint density at radius 3 is 2.45 bits per heavy atom. The summed E-state index contributed by atoms with van der Waals surface area (Å²) < 4.78 is 6.81. The van der Waals surface area contributed by atoms with Crippen molar-refractivity contribution >= 4 is 11.1 Å². The van der Waals surface area contributed by atoms with Crippen LogP contribution in [0.4, 0.5) is 0 Å². The summed E-state index contributed by atoms with van der Waals surface area (Å²) in [7, 11) is 1.73. The van der Waals surface area contributed by atoms with Gasteiger partial charge in [-0.2, -0.15) is 0 Å². The predicted molar refractivity (Wildman–Crippen MR) is 81.0 cm³/mol. The molecule has 0 aliphatic rings. The van der Waals surface area contributed by atoms with Crippen molar-refractivity contribution in [2.24, 2.45) is 7.05 Å². The van der Waals surface area contributed by atoms with Crippen molar-refractivity contribution in [1.82, 2.24) is 4.57 Å². The third kappa shape index (κ3) is 1.95. The highest BCUT2D eigenvalue weighted by Crippen LogP contribution is 2.27. The highest BCUT2D eigenvalue weighted by Gasteiger charge is 2.10. The fourth-order valence-corrected chi connectivity index (χ4v) is 2.49. The molecule has 0 aliphatic carbocycles. The molecule has 3 aromatic rings. The lowest BCUT2D eigenvalue weighted by Gasteiger charge is -2.05. The van der Waals surface area contributed by atoms with Crippen molar-refractivity contribution in [1.29, 1.82) is 0 Å². The summed E-state index contributed by atoms with van der Waals surface area (Å²) in [4.78, 5) is 11.6. The van der Waals surface area contributed by atoms with Gasteiger partial charge in [-0.05, 0) is 47.7 Å². The Kier molecular flexibility index (Phi) is 2.97. The molecule has 0 unspecified atom stereocenters. The van der Waals surface area contributed by atoms with E-state index in [2.05, 4.69) is 37.3 Å². The lowest BCUT2D eigenvalue weighted by Crippen LogP contribution is -2.08. The quantitative estimate of drug-likeness (QED) is 0.710. The van der Waals surface area contributed by atoms with Crippen LogP contribution in [0.2, 0.25) is 0 Å². The summed E-state index contributed by atoms with van der Waals surface area (Å²) in [5, 5.41) is 0. The van der Waals surface area contributed by atoms with Crippen LogP contribution in [0, 0.1) is 6.92 Å². The molecule has 0 spiro atoms. The number of hydrogen-bond acceptors (Lipinski definition) is 2. The minimum absolute atomic E-state index is 0.318. The van der Waals surface area contributed by atoms with Gasteiger partial charge in [0.05, 0.1) is 5.52 Å². The number of fused-ring (bicyclic) bond motifs is 1. The van der Waals surface area contributed by atoms with E-state index in [-0.39, 0.29) is 5.76 Å². The van der Waals surface area contributed by atoms with Gasteiger partial charge in [-0.3, -0.25) is 4.57 Å². The predicted octanol–water partition coefficient (Wildman–Crippen LogP) is 3.67. The van der Waals surface area contributed by atoms with Gasteiger partial charge in [-0.15, -0.1) is 0 Å². The highest BCUT2D eigenvalue weighted by molar-refractivity contribution is 5.83. The Bertz CT molecular complexity index is 823. The van der Waals surface area contributed by atoms with E-state index >= 15 is 0 Å². The largest absolute Gasteiger partial charge is 0.419 e. The molecule has 0 N–H and O–H groups in total. The zero-order valence-electron chi connectivity index (χ0n) is 11.9. The van der Waals surface area contributed by atoms with Crippen molar-refractivity contribution in [3.8, 4) is 11.1 Å². The van der Waals surface area contributed by atoms with E-state index in [4.69, 9.17) is 4.42 Å². The van der Waals surface area contributed by atoms with Gasteiger partial charge in [0.25, 0.3) is 0 Å². The first-order valence-corrected chi connectivity index (χ1v) is 6.79. The van der Waals surface area contributed by atoms with E-state index in [9.17, 15) is 4.79 Å². The molecule has 0 atom stereocenters. The number of benzene rings is 2. The van der Waals surface area contributed by atoms with Crippen LogP contribution >= 0.6 is 0 Å². The van der Waals surface area contributed by atoms with Crippen LogP contribution < -0.4 is 5.76 Å². The summed E-state index contributed by atoms with van der Waals surface area (Å²) in [6.45, 7) is 4.11. The Hall–Kier alpha value is -2.29. The average molecular weight is 267 g/mol. The van der Waals surface area contributed by atoms with Crippen molar-refractivity contribution in [3.05, 3.63) is 58.1 Å². The van der Waals surface area contributed by atoms with Crippen LogP contribution in [0.15, 0.2) is 45.6 Å². The second-order valence-electron chi connectivity index (χ2n) is 5.12. The molecule has 0 saturated carbocycles. The molecular formula is C17H17NO2. The Balaban J connectivity index is 2.20. The number of rotatable bonds is 2. The van der Waals surface area contributed by atoms with Gasteiger partial charge in [0, 0.05) is 7.05 Å². The summed E-state index contributed by atoms with van der Waals surface area (Å²) in [6, 6.07) is 12.6.